The first kappa shape index (κ1) is 14.8. The quantitative estimate of drug-likeness (QED) is 0.453. The molecule has 0 bridgehead atoms. The third-order valence-corrected chi connectivity index (χ3v) is 3.77. The minimum Gasteiger partial charge on any atom is -0.464 e. The number of hydrogen-bond donors (Lipinski definition) is 0. The molecule has 9 heteroatoms. The lowest BCUT2D eigenvalue weighted by molar-refractivity contribution is -0.133. The number of hydrogen-bond acceptors (Lipinski definition) is 7. The number of fused-ring (bicyclic) bond motifs is 1. The Morgan fingerprint density at radius 2 is 2.04 bits per heavy atom. The Labute approximate surface area is 130 Å². The molecule has 2 heterocycles. The normalized spacial score (nSPS) is 23.0. The number of anilines is 1. The first-order valence-electron chi connectivity index (χ1n) is 6.73. The molecule has 2 aliphatic heterocycles. The van der Waals surface area contributed by atoms with E-state index in [4.69, 9.17) is 0 Å². The van der Waals surface area contributed by atoms with Crippen LogP contribution >= 0.6 is 0 Å². The summed E-state index contributed by atoms with van der Waals surface area (Å²) in [6.45, 7) is 1.82. The molecule has 2 aliphatic rings. The number of imide groups is 1. The monoisotopic (exact) mass is 316 g/mol. The molecule has 0 saturated carbocycles. The molecule has 1 fully saturated rings. The Morgan fingerprint density at radius 1 is 1.30 bits per heavy atom. The van der Waals surface area contributed by atoms with Crippen LogP contribution in [0.3, 0.4) is 0 Å². The van der Waals surface area contributed by atoms with Gasteiger partial charge in [0.05, 0.1) is 18.1 Å². The van der Waals surface area contributed by atoms with E-state index in [1.54, 1.807) is 18.2 Å². The fourth-order valence-corrected chi connectivity index (χ4v) is 2.75. The molecule has 9 nitrogen and oxygen atoms in total. The molecule has 1 aromatic rings. The number of rotatable bonds is 3. The summed E-state index contributed by atoms with van der Waals surface area (Å²) in [5.74, 6) is -3.37. The van der Waals surface area contributed by atoms with Crippen molar-refractivity contribution in [2.75, 3.05) is 12.0 Å². The number of hydrazone groups is 1. The zero-order valence-corrected chi connectivity index (χ0v) is 12.3. The molecular formula is C14H12N4O5. The summed E-state index contributed by atoms with van der Waals surface area (Å²) < 4.78 is 4.56. The molecular weight excluding hydrogens is 304 g/mol. The molecule has 118 valence electrons. The molecule has 1 saturated heterocycles. The van der Waals surface area contributed by atoms with Crippen LogP contribution in [0.15, 0.2) is 34.7 Å². The largest absolute Gasteiger partial charge is 0.464 e. The summed E-state index contributed by atoms with van der Waals surface area (Å²) in [7, 11) is 1.12. The van der Waals surface area contributed by atoms with Crippen LogP contribution in [0.4, 0.5) is 5.69 Å². The van der Waals surface area contributed by atoms with Crippen LogP contribution in [0.1, 0.15) is 5.56 Å². The molecule has 0 aliphatic carbocycles. The summed E-state index contributed by atoms with van der Waals surface area (Å²) >= 11 is 0. The van der Waals surface area contributed by atoms with Gasteiger partial charge in [-0.15, -0.1) is 15.1 Å². The van der Waals surface area contributed by atoms with E-state index in [1.807, 2.05) is 13.0 Å². The fourth-order valence-electron chi connectivity index (χ4n) is 2.75. The van der Waals surface area contributed by atoms with Gasteiger partial charge in [-0.2, -0.15) is 0 Å². The van der Waals surface area contributed by atoms with E-state index in [9.17, 15) is 19.3 Å². The Balaban J connectivity index is 2.05. The van der Waals surface area contributed by atoms with Crippen molar-refractivity contribution in [3.63, 3.8) is 0 Å². The predicted octanol–water partition coefficient (Wildman–Crippen LogP) is 0.379. The minimum absolute atomic E-state index is 0.300. The number of carbonyl (C=O) groups excluding carboxylic acids is 3. The molecule has 1 aromatic carbocycles. The van der Waals surface area contributed by atoms with E-state index < -0.39 is 29.7 Å². The Bertz CT molecular complexity index is 759. The highest BCUT2D eigenvalue weighted by Crippen LogP contribution is 2.35. The van der Waals surface area contributed by atoms with Gasteiger partial charge in [-0.25, -0.2) is 9.69 Å². The summed E-state index contributed by atoms with van der Waals surface area (Å²) in [6, 6.07) is 5.51. The van der Waals surface area contributed by atoms with Gasteiger partial charge in [0.15, 0.2) is 11.8 Å². The van der Waals surface area contributed by atoms with Crippen LogP contribution in [-0.4, -0.2) is 41.8 Å². The lowest BCUT2D eigenvalue weighted by Gasteiger charge is -2.17. The van der Waals surface area contributed by atoms with E-state index in [2.05, 4.69) is 15.1 Å². The summed E-state index contributed by atoms with van der Waals surface area (Å²) in [5.41, 5.74) is 0.919. The van der Waals surface area contributed by atoms with Crippen molar-refractivity contribution >= 4 is 29.2 Å². The van der Waals surface area contributed by atoms with Crippen LogP contribution < -0.4 is 4.90 Å². The molecule has 0 aromatic heterocycles. The SMILES string of the molecule is COC(=O)C1=NN(N=O)[C@@H]2C(=O)N(c3cccc(C)c3)C(=O)[C@@H]12. The van der Waals surface area contributed by atoms with Gasteiger partial charge in [0.25, 0.3) is 5.91 Å². The number of amides is 2. The highest BCUT2D eigenvalue weighted by atomic mass is 16.5. The Hall–Kier alpha value is -3.10. The third-order valence-electron chi connectivity index (χ3n) is 3.77. The van der Waals surface area contributed by atoms with Crippen molar-refractivity contribution in [1.29, 1.82) is 0 Å². The van der Waals surface area contributed by atoms with Crippen LogP contribution in [0, 0.1) is 17.7 Å². The van der Waals surface area contributed by atoms with Crippen LogP contribution in [0.25, 0.3) is 0 Å². The highest BCUT2D eigenvalue weighted by Gasteiger charge is 2.59. The van der Waals surface area contributed by atoms with E-state index in [0.29, 0.717) is 10.8 Å². The van der Waals surface area contributed by atoms with Gasteiger partial charge in [0.2, 0.25) is 5.91 Å². The first-order chi connectivity index (χ1) is 11.0. The maximum atomic E-state index is 12.6. The average molecular weight is 316 g/mol. The van der Waals surface area contributed by atoms with Gasteiger partial charge in [0.1, 0.15) is 5.92 Å². The number of nitrogens with zero attached hydrogens (tertiary/aromatic N) is 4. The maximum Gasteiger partial charge on any atom is 0.355 e. The molecule has 0 N–H and O–H groups in total. The molecule has 0 unspecified atom stereocenters. The van der Waals surface area contributed by atoms with Crippen molar-refractivity contribution in [3.05, 3.63) is 34.7 Å². The van der Waals surface area contributed by atoms with E-state index in [0.717, 1.165) is 17.6 Å². The number of aryl methyl sites for hydroxylation is 1. The van der Waals surface area contributed by atoms with Gasteiger partial charge >= 0.3 is 5.97 Å². The van der Waals surface area contributed by atoms with Crippen molar-refractivity contribution < 1.29 is 19.1 Å². The molecule has 0 spiro atoms. The predicted molar refractivity (Wildman–Crippen MR) is 78.0 cm³/mol. The average Bonchev–Trinajstić information content (AvgIpc) is 3.04. The van der Waals surface area contributed by atoms with Crippen molar-refractivity contribution in [2.24, 2.45) is 16.3 Å². The van der Waals surface area contributed by atoms with Crippen LogP contribution in [-0.2, 0) is 19.1 Å². The molecule has 3 rings (SSSR count). The number of ether oxygens (including phenoxy) is 1. The third kappa shape index (κ3) is 2.08. The smallest absolute Gasteiger partial charge is 0.355 e. The van der Waals surface area contributed by atoms with Crippen molar-refractivity contribution in [2.45, 2.75) is 13.0 Å². The summed E-state index contributed by atoms with van der Waals surface area (Å²) in [5, 5.41) is 6.80. The van der Waals surface area contributed by atoms with Gasteiger partial charge in [0, 0.05) is 0 Å². The number of nitroso groups, excluding NO2 is 1. The van der Waals surface area contributed by atoms with E-state index in [1.165, 1.54) is 0 Å². The highest BCUT2D eigenvalue weighted by molar-refractivity contribution is 6.46. The van der Waals surface area contributed by atoms with E-state index >= 15 is 0 Å². The number of esters is 1. The summed E-state index contributed by atoms with van der Waals surface area (Å²) in [6.07, 6.45) is 0. The van der Waals surface area contributed by atoms with Crippen molar-refractivity contribution in [3.8, 4) is 0 Å². The second-order valence-corrected chi connectivity index (χ2v) is 5.15. The Morgan fingerprint density at radius 3 is 2.65 bits per heavy atom. The number of benzene rings is 1. The van der Waals surface area contributed by atoms with Crippen LogP contribution in [0.2, 0.25) is 0 Å². The maximum absolute atomic E-state index is 12.6. The Kier molecular flexibility index (Phi) is 3.40. The van der Waals surface area contributed by atoms with Crippen LogP contribution in [0.5, 0.6) is 0 Å². The van der Waals surface area contributed by atoms with Gasteiger partial charge in [-0.3, -0.25) is 9.59 Å². The molecule has 2 atom stereocenters. The number of methoxy groups -OCH3 is 1. The van der Waals surface area contributed by atoms with Gasteiger partial charge in [-0.1, -0.05) is 12.1 Å². The number of carbonyl (C=O) groups is 3. The van der Waals surface area contributed by atoms with Crippen molar-refractivity contribution in [1.82, 2.24) is 5.12 Å². The lowest BCUT2D eigenvalue weighted by Crippen LogP contribution is -2.36. The van der Waals surface area contributed by atoms with E-state index in [-0.39, 0.29) is 5.71 Å². The minimum atomic E-state index is -1.25. The molecule has 2 amide bonds. The zero-order chi connectivity index (χ0) is 16.7. The standard InChI is InChI=1S/C14H12N4O5/c1-7-4-3-5-8(6-7)17-12(19)9-10(14(21)23-2)15-18(16-22)11(9)13(17)20/h3-6,9,11H,1-2H3/t9-,11-/m0/s1. The van der Waals surface area contributed by atoms with Gasteiger partial charge < -0.3 is 4.74 Å². The summed E-state index contributed by atoms with van der Waals surface area (Å²) in [4.78, 5) is 48.8. The zero-order valence-electron chi connectivity index (χ0n) is 12.3. The molecule has 23 heavy (non-hydrogen) atoms. The second-order valence-electron chi connectivity index (χ2n) is 5.15. The first-order valence-corrected chi connectivity index (χ1v) is 6.73. The molecule has 0 radical (unpaired) electrons. The topological polar surface area (TPSA) is 109 Å². The fraction of sp³-hybridized carbons (Fsp3) is 0.286. The van der Waals surface area contributed by atoms with Gasteiger partial charge in [-0.05, 0) is 24.6 Å². The second kappa shape index (κ2) is 5.27. The lowest BCUT2D eigenvalue weighted by atomic mass is 9.98.